The van der Waals surface area contributed by atoms with E-state index < -0.39 is 0 Å². The van der Waals surface area contributed by atoms with Gasteiger partial charge in [0.2, 0.25) is 11.8 Å². The minimum absolute atomic E-state index is 0.0198. The second-order valence-corrected chi connectivity index (χ2v) is 3.88. The van der Waals surface area contributed by atoms with Crippen LogP contribution in [0.25, 0.3) is 0 Å². The minimum atomic E-state index is -0.0609. The van der Waals surface area contributed by atoms with Crippen molar-refractivity contribution in [1.29, 1.82) is 0 Å². The van der Waals surface area contributed by atoms with Crippen molar-refractivity contribution < 1.29 is 9.59 Å². The van der Waals surface area contributed by atoms with Crippen LogP contribution in [0, 0.1) is 5.92 Å². The molecular formula is C10H19N3O2. The Labute approximate surface area is 90.0 Å². The molecule has 1 atom stereocenters. The molecule has 1 unspecified atom stereocenters. The van der Waals surface area contributed by atoms with Crippen molar-refractivity contribution in [2.75, 3.05) is 26.2 Å². The Morgan fingerprint density at radius 2 is 2.27 bits per heavy atom. The molecule has 1 aliphatic rings. The number of rotatable bonds is 3. The van der Waals surface area contributed by atoms with Crippen molar-refractivity contribution in [3.8, 4) is 0 Å². The average Bonchev–Trinajstić information content (AvgIpc) is 2.26. The first-order chi connectivity index (χ1) is 7.15. The van der Waals surface area contributed by atoms with Gasteiger partial charge in [0.05, 0.1) is 5.92 Å². The Balaban J connectivity index is 2.41. The summed E-state index contributed by atoms with van der Waals surface area (Å²) in [7, 11) is 0. The molecule has 5 heteroatoms. The normalized spacial score (nSPS) is 21.2. The summed E-state index contributed by atoms with van der Waals surface area (Å²) in [6, 6.07) is 0. The van der Waals surface area contributed by atoms with Gasteiger partial charge in [-0.25, -0.2) is 0 Å². The number of likely N-dealkylation sites (tertiary alicyclic amines) is 1. The van der Waals surface area contributed by atoms with Crippen LogP contribution in [0.3, 0.4) is 0 Å². The van der Waals surface area contributed by atoms with Crippen LogP contribution in [0.5, 0.6) is 0 Å². The smallest absolute Gasteiger partial charge is 0.224 e. The molecule has 1 rings (SSSR count). The van der Waals surface area contributed by atoms with Gasteiger partial charge in [-0.1, -0.05) is 0 Å². The number of hydrogen-bond donors (Lipinski definition) is 2. The summed E-state index contributed by atoms with van der Waals surface area (Å²) in [6.45, 7) is 3.83. The Bertz CT molecular complexity index is 243. The number of nitrogens with two attached hydrogens (primary N) is 1. The molecule has 0 radical (unpaired) electrons. The standard InChI is InChI=1S/C10H19N3O2/c1-8(14)13-6-2-3-9(7-13)10(15)12-5-4-11/h9H,2-7,11H2,1H3,(H,12,15). The maximum absolute atomic E-state index is 11.6. The van der Waals surface area contributed by atoms with E-state index in [2.05, 4.69) is 5.32 Å². The molecule has 2 amide bonds. The third-order valence-corrected chi connectivity index (χ3v) is 2.68. The zero-order valence-electron chi connectivity index (χ0n) is 9.16. The lowest BCUT2D eigenvalue weighted by molar-refractivity contribution is -0.133. The van der Waals surface area contributed by atoms with E-state index in [1.807, 2.05) is 0 Å². The lowest BCUT2D eigenvalue weighted by Crippen LogP contribution is -2.45. The van der Waals surface area contributed by atoms with Crippen LogP contribution in [-0.4, -0.2) is 42.9 Å². The van der Waals surface area contributed by atoms with E-state index in [4.69, 9.17) is 5.73 Å². The van der Waals surface area contributed by atoms with Crippen molar-refractivity contribution >= 4 is 11.8 Å². The van der Waals surface area contributed by atoms with Crippen LogP contribution in [0.4, 0.5) is 0 Å². The third-order valence-electron chi connectivity index (χ3n) is 2.68. The molecule has 0 spiro atoms. The maximum atomic E-state index is 11.6. The molecule has 86 valence electrons. The zero-order valence-corrected chi connectivity index (χ0v) is 9.16. The highest BCUT2D eigenvalue weighted by Crippen LogP contribution is 2.16. The van der Waals surface area contributed by atoms with E-state index >= 15 is 0 Å². The Morgan fingerprint density at radius 1 is 1.53 bits per heavy atom. The number of amides is 2. The number of nitrogens with zero attached hydrogens (tertiary/aromatic N) is 1. The van der Waals surface area contributed by atoms with Gasteiger partial charge in [0.25, 0.3) is 0 Å². The van der Waals surface area contributed by atoms with Crippen LogP contribution < -0.4 is 11.1 Å². The Hall–Kier alpha value is -1.10. The van der Waals surface area contributed by atoms with E-state index in [0.29, 0.717) is 19.6 Å². The highest BCUT2D eigenvalue weighted by atomic mass is 16.2. The monoisotopic (exact) mass is 213 g/mol. The maximum Gasteiger partial charge on any atom is 0.224 e. The molecule has 0 aliphatic carbocycles. The highest BCUT2D eigenvalue weighted by Gasteiger charge is 2.26. The topological polar surface area (TPSA) is 75.4 Å². The van der Waals surface area contributed by atoms with Gasteiger partial charge in [0.1, 0.15) is 0 Å². The predicted molar refractivity (Wildman–Crippen MR) is 57.0 cm³/mol. The number of carbonyl (C=O) groups is 2. The number of carbonyl (C=O) groups excluding carboxylic acids is 2. The molecule has 0 aromatic rings. The van der Waals surface area contributed by atoms with Gasteiger partial charge in [-0.2, -0.15) is 0 Å². The molecule has 5 nitrogen and oxygen atoms in total. The lowest BCUT2D eigenvalue weighted by Gasteiger charge is -2.31. The summed E-state index contributed by atoms with van der Waals surface area (Å²) in [5.41, 5.74) is 5.30. The molecule has 0 saturated carbocycles. The molecule has 15 heavy (non-hydrogen) atoms. The summed E-state index contributed by atoms with van der Waals surface area (Å²) in [6.07, 6.45) is 1.76. The summed E-state index contributed by atoms with van der Waals surface area (Å²) >= 11 is 0. The first-order valence-electron chi connectivity index (χ1n) is 5.38. The Kier molecular flexibility index (Phi) is 4.55. The van der Waals surface area contributed by atoms with E-state index in [0.717, 1.165) is 19.4 Å². The fourth-order valence-corrected chi connectivity index (χ4v) is 1.82. The van der Waals surface area contributed by atoms with Gasteiger partial charge in [-0.3, -0.25) is 9.59 Å². The SMILES string of the molecule is CC(=O)N1CCCC(C(=O)NCCN)C1. The summed E-state index contributed by atoms with van der Waals surface area (Å²) in [5, 5.41) is 2.76. The molecule has 0 bridgehead atoms. The quantitative estimate of drug-likeness (QED) is 0.652. The van der Waals surface area contributed by atoms with Crippen molar-refractivity contribution in [3.05, 3.63) is 0 Å². The summed E-state index contributed by atoms with van der Waals surface area (Å²) < 4.78 is 0. The molecule has 0 aromatic carbocycles. The second kappa shape index (κ2) is 5.70. The van der Waals surface area contributed by atoms with E-state index in [1.54, 1.807) is 11.8 Å². The molecule has 1 aliphatic heterocycles. The molecule has 1 fully saturated rings. The molecular weight excluding hydrogens is 194 g/mol. The first kappa shape index (κ1) is 12.0. The number of piperidine rings is 1. The van der Waals surface area contributed by atoms with Gasteiger partial charge >= 0.3 is 0 Å². The Morgan fingerprint density at radius 3 is 2.87 bits per heavy atom. The van der Waals surface area contributed by atoms with Gasteiger partial charge in [0, 0.05) is 33.1 Å². The highest BCUT2D eigenvalue weighted by molar-refractivity contribution is 5.80. The van der Waals surface area contributed by atoms with Crippen molar-refractivity contribution in [2.24, 2.45) is 11.7 Å². The van der Waals surface area contributed by atoms with E-state index in [9.17, 15) is 9.59 Å². The second-order valence-electron chi connectivity index (χ2n) is 3.88. The fraction of sp³-hybridized carbons (Fsp3) is 0.800. The fourth-order valence-electron chi connectivity index (χ4n) is 1.82. The summed E-state index contributed by atoms with van der Waals surface area (Å²) in [4.78, 5) is 24.5. The number of nitrogens with one attached hydrogen (secondary N) is 1. The first-order valence-corrected chi connectivity index (χ1v) is 5.38. The summed E-state index contributed by atoms with van der Waals surface area (Å²) in [5.74, 6) is 0.00641. The van der Waals surface area contributed by atoms with Gasteiger partial charge < -0.3 is 16.0 Å². The molecule has 1 saturated heterocycles. The molecule has 0 aromatic heterocycles. The van der Waals surface area contributed by atoms with Gasteiger partial charge in [0.15, 0.2) is 0 Å². The van der Waals surface area contributed by atoms with E-state index in [1.165, 1.54) is 0 Å². The lowest BCUT2D eigenvalue weighted by atomic mass is 9.97. The van der Waals surface area contributed by atoms with E-state index in [-0.39, 0.29) is 17.7 Å². The van der Waals surface area contributed by atoms with Crippen LogP contribution in [0.1, 0.15) is 19.8 Å². The minimum Gasteiger partial charge on any atom is -0.355 e. The van der Waals surface area contributed by atoms with Crippen LogP contribution >= 0.6 is 0 Å². The van der Waals surface area contributed by atoms with Crippen LogP contribution in [0.15, 0.2) is 0 Å². The average molecular weight is 213 g/mol. The largest absolute Gasteiger partial charge is 0.355 e. The predicted octanol–water partition coefficient (Wildman–Crippen LogP) is -0.680. The van der Waals surface area contributed by atoms with Crippen LogP contribution in [0.2, 0.25) is 0 Å². The molecule has 3 N–H and O–H groups in total. The van der Waals surface area contributed by atoms with Crippen molar-refractivity contribution in [2.45, 2.75) is 19.8 Å². The van der Waals surface area contributed by atoms with Gasteiger partial charge in [-0.15, -0.1) is 0 Å². The van der Waals surface area contributed by atoms with Crippen LogP contribution in [-0.2, 0) is 9.59 Å². The molecule has 1 heterocycles. The van der Waals surface area contributed by atoms with Gasteiger partial charge in [-0.05, 0) is 12.8 Å². The van der Waals surface area contributed by atoms with Crippen molar-refractivity contribution in [1.82, 2.24) is 10.2 Å². The van der Waals surface area contributed by atoms with Crippen molar-refractivity contribution in [3.63, 3.8) is 0 Å². The zero-order chi connectivity index (χ0) is 11.3. The number of hydrogen-bond acceptors (Lipinski definition) is 3. The third kappa shape index (κ3) is 3.51.